The molecule has 0 atom stereocenters. The first-order valence-corrected chi connectivity index (χ1v) is 15.2. The number of nitrogens with zero attached hydrogens (tertiary/aromatic N) is 2. The summed E-state index contributed by atoms with van der Waals surface area (Å²) in [6, 6.07) is 9.70. The smallest absolute Gasteiger partial charge is 0.338 e. The van der Waals surface area contributed by atoms with Crippen molar-refractivity contribution in [1.82, 2.24) is 0 Å². The quantitative estimate of drug-likeness (QED) is 0.0836. The number of esters is 2. The molecule has 232 valence electrons. The van der Waals surface area contributed by atoms with E-state index in [2.05, 4.69) is 19.6 Å². The first-order chi connectivity index (χ1) is 20.7. The highest BCUT2D eigenvalue weighted by Gasteiger charge is 2.29. The highest BCUT2D eigenvalue weighted by atomic mass is 16.6. The van der Waals surface area contributed by atoms with Gasteiger partial charge in [-0.05, 0) is 86.5 Å². The Labute approximate surface area is 252 Å². The van der Waals surface area contributed by atoms with Gasteiger partial charge in [0.25, 0.3) is 11.4 Å². The summed E-state index contributed by atoms with van der Waals surface area (Å²) in [5.74, 6) is 2.61. The van der Waals surface area contributed by atoms with Crippen LogP contribution in [0.3, 0.4) is 0 Å². The topological polar surface area (TPSA) is 139 Å². The van der Waals surface area contributed by atoms with Crippen molar-refractivity contribution in [3.05, 3.63) is 92.5 Å². The Morgan fingerprint density at radius 2 is 1.14 bits per heavy atom. The second kappa shape index (κ2) is 17.1. The standard InChI is InChI=1S/C17H30.C16H12N2O8/c1-3-5-15-8-12-17(13-9-15)16-10-6-14(4-2)7-11-16;19-15(11-1-5-13(6-2-11)17(21)22)25-9-10-26-16(20)12-3-7-14(8-4-12)18(23)24/h4,14-17H,2-3,5-13H2,1H3;1-8H,9-10H2. The number of hydrogen-bond donors (Lipinski definition) is 0. The molecule has 4 rings (SSSR count). The molecular weight excluding hydrogens is 552 g/mol. The van der Waals surface area contributed by atoms with Gasteiger partial charge in [-0.1, -0.05) is 38.7 Å². The largest absolute Gasteiger partial charge is 0.458 e. The lowest BCUT2D eigenvalue weighted by molar-refractivity contribution is -0.385. The van der Waals surface area contributed by atoms with E-state index in [-0.39, 0.29) is 35.7 Å². The van der Waals surface area contributed by atoms with Crippen LogP contribution in [0.1, 0.15) is 91.8 Å². The zero-order valence-electron chi connectivity index (χ0n) is 24.9. The van der Waals surface area contributed by atoms with E-state index in [9.17, 15) is 29.8 Å². The average Bonchev–Trinajstić information content (AvgIpc) is 3.04. The lowest BCUT2D eigenvalue weighted by atomic mass is 9.69. The molecule has 43 heavy (non-hydrogen) atoms. The summed E-state index contributed by atoms with van der Waals surface area (Å²) in [6.45, 7) is 5.86. The van der Waals surface area contributed by atoms with Crippen LogP contribution < -0.4 is 0 Å². The summed E-state index contributed by atoms with van der Waals surface area (Å²) in [6.07, 6.45) is 17.0. The van der Waals surface area contributed by atoms with Gasteiger partial charge in [0, 0.05) is 24.3 Å². The summed E-state index contributed by atoms with van der Waals surface area (Å²) >= 11 is 0. The van der Waals surface area contributed by atoms with Crippen LogP contribution in [0.15, 0.2) is 61.2 Å². The third-order valence-electron chi connectivity index (χ3n) is 8.58. The van der Waals surface area contributed by atoms with Gasteiger partial charge in [0.05, 0.1) is 21.0 Å². The van der Waals surface area contributed by atoms with E-state index in [1.807, 2.05) is 0 Å². The van der Waals surface area contributed by atoms with Gasteiger partial charge >= 0.3 is 11.9 Å². The number of carbonyl (C=O) groups excluding carboxylic acids is 2. The molecular formula is C33H42N2O8. The number of nitro groups is 2. The normalized spacial score (nSPS) is 21.4. The van der Waals surface area contributed by atoms with Crippen molar-refractivity contribution >= 4 is 23.3 Å². The molecule has 0 amide bonds. The van der Waals surface area contributed by atoms with E-state index in [1.165, 1.54) is 113 Å². The van der Waals surface area contributed by atoms with E-state index in [4.69, 9.17) is 9.47 Å². The maximum atomic E-state index is 11.7. The second-order valence-electron chi connectivity index (χ2n) is 11.4. The molecule has 0 N–H and O–H groups in total. The monoisotopic (exact) mass is 594 g/mol. The van der Waals surface area contributed by atoms with Gasteiger partial charge in [-0.2, -0.15) is 0 Å². The summed E-state index contributed by atoms with van der Waals surface area (Å²) < 4.78 is 9.78. The van der Waals surface area contributed by atoms with Gasteiger partial charge < -0.3 is 9.47 Å². The molecule has 0 bridgehead atoms. The van der Waals surface area contributed by atoms with Crippen LogP contribution in [0.4, 0.5) is 11.4 Å². The molecule has 0 heterocycles. The minimum Gasteiger partial charge on any atom is -0.458 e. The molecule has 2 fully saturated rings. The lowest BCUT2D eigenvalue weighted by Gasteiger charge is -2.37. The van der Waals surface area contributed by atoms with Crippen molar-refractivity contribution in [2.75, 3.05) is 13.2 Å². The average molecular weight is 595 g/mol. The van der Waals surface area contributed by atoms with Gasteiger partial charge in [0.2, 0.25) is 0 Å². The number of hydrogen-bond acceptors (Lipinski definition) is 8. The molecule has 0 saturated heterocycles. The summed E-state index contributed by atoms with van der Waals surface area (Å²) in [5.41, 5.74) is -0.0632. The van der Waals surface area contributed by atoms with Crippen molar-refractivity contribution in [1.29, 1.82) is 0 Å². The predicted octanol–water partition coefficient (Wildman–Crippen LogP) is 8.10. The summed E-state index contributed by atoms with van der Waals surface area (Å²) in [5, 5.41) is 21.1. The van der Waals surface area contributed by atoms with Crippen LogP contribution in [0.5, 0.6) is 0 Å². The number of nitro benzene ring substituents is 2. The molecule has 2 saturated carbocycles. The molecule has 0 aromatic heterocycles. The number of non-ortho nitro benzene ring substituents is 2. The number of ether oxygens (including phenoxy) is 2. The minimum absolute atomic E-state index is 0.122. The zero-order chi connectivity index (χ0) is 31.2. The highest BCUT2D eigenvalue weighted by Crippen LogP contribution is 2.42. The van der Waals surface area contributed by atoms with Crippen LogP contribution in [-0.4, -0.2) is 35.0 Å². The van der Waals surface area contributed by atoms with E-state index in [0.717, 1.165) is 23.7 Å². The van der Waals surface area contributed by atoms with Crippen LogP contribution in [0.2, 0.25) is 0 Å². The van der Waals surface area contributed by atoms with Crippen molar-refractivity contribution in [2.24, 2.45) is 23.7 Å². The molecule has 2 aromatic carbocycles. The highest BCUT2D eigenvalue weighted by molar-refractivity contribution is 5.90. The second-order valence-corrected chi connectivity index (χ2v) is 11.4. The number of benzene rings is 2. The predicted molar refractivity (Wildman–Crippen MR) is 163 cm³/mol. The van der Waals surface area contributed by atoms with Crippen molar-refractivity contribution in [3.8, 4) is 0 Å². The van der Waals surface area contributed by atoms with Gasteiger partial charge in [0.15, 0.2) is 0 Å². The Balaban J connectivity index is 0.000000257. The Bertz CT molecular complexity index is 1140. The summed E-state index contributed by atoms with van der Waals surface area (Å²) in [4.78, 5) is 43.4. The number of allylic oxidation sites excluding steroid dienone is 1. The van der Waals surface area contributed by atoms with Gasteiger partial charge in [0.1, 0.15) is 13.2 Å². The van der Waals surface area contributed by atoms with Gasteiger partial charge in [-0.3, -0.25) is 20.2 Å². The summed E-state index contributed by atoms with van der Waals surface area (Å²) in [7, 11) is 0. The number of rotatable bonds is 11. The van der Waals surface area contributed by atoms with Crippen LogP contribution in [0, 0.1) is 43.9 Å². The Morgan fingerprint density at radius 1 is 0.744 bits per heavy atom. The fourth-order valence-electron chi connectivity index (χ4n) is 6.08. The Hall–Kier alpha value is -4.08. The molecule has 0 aliphatic heterocycles. The van der Waals surface area contributed by atoms with Gasteiger partial charge in [-0.15, -0.1) is 6.58 Å². The molecule has 0 unspecified atom stereocenters. The fourth-order valence-corrected chi connectivity index (χ4v) is 6.08. The molecule has 0 spiro atoms. The third kappa shape index (κ3) is 10.6. The minimum atomic E-state index is -0.716. The van der Waals surface area contributed by atoms with Crippen molar-refractivity contribution < 1.29 is 28.9 Å². The van der Waals surface area contributed by atoms with Crippen molar-refractivity contribution in [2.45, 2.75) is 71.1 Å². The maximum absolute atomic E-state index is 11.7. The Morgan fingerprint density at radius 3 is 1.49 bits per heavy atom. The van der Waals surface area contributed by atoms with E-state index >= 15 is 0 Å². The van der Waals surface area contributed by atoms with Crippen molar-refractivity contribution in [3.63, 3.8) is 0 Å². The maximum Gasteiger partial charge on any atom is 0.338 e. The molecule has 10 nitrogen and oxygen atoms in total. The first kappa shape index (κ1) is 33.4. The Kier molecular flexibility index (Phi) is 13.3. The first-order valence-electron chi connectivity index (χ1n) is 15.2. The molecule has 2 aliphatic carbocycles. The van der Waals surface area contributed by atoms with E-state index < -0.39 is 21.8 Å². The third-order valence-corrected chi connectivity index (χ3v) is 8.58. The molecule has 2 aromatic rings. The van der Waals surface area contributed by atoms with Gasteiger partial charge in [-0.25, -0.2) is 9.59 Å². The lowest BCUT2D eigenvalue weighted by Crippen LogP contribution is -2.25. The van der Waals surface area contributed by atoms with Crippen LogP contribution in [-0.2, 0) is 9.47 Å². The zero-order valence-corrected chi connectivity index (χ0v) is 24.9. The molecule has 10 heteroatoms. The molecule has 2 aliphatic rings. The molecule has 0 radical (unpaired) electrons. The van der Waals surface area contributed by atoms with E-state index in [0.29, 0.717) is 0 Å². The SMILES string of the molecule is C=CC1CCC(C2CCC(CCC)CC2)CC1.O=C(OCCOC(=O)c1ccc([N+](=O)[O-])cc1)c1ccc([N+](=O)[O-])cc1. The van der Waals surface area contributed by atoms with E-state index in [1.54, 1.807) is 0 Å². The van der Waals surface area contributed by atoms with Crippen LogP contribution in [0.25, 0.3) is 0 Å². The fraction of sp³-hybridized carbons (Fsp3) is 0.515. The van der Waals surface area contributed by atoms with Crippen LogP contribution >= 0.6 is 0 Å². The number of carbonyl (C=O) groups is 2.